The zero-order valence-electron chi connectivity index (χ0n) is 21.9. The third-order valence-corrected chi connectivity index (χ3v) is 7.61. The molecule has 2 aliphatic rings. The molecule has 3 heterocycles. The summed E-state index contributed by atoms with van der Waals surface area (Å²) in [6, 6.07) is 46.9. The van der Waals surface area contributed by atoms with E-state index in [9.17, 15) is 0 Å². The number of aliphatic imine (C=N–C) groups is 2. The molecule has 0 unspecified atom stereocenters. The van der Waals surface area contributed by atoms with Crippen LogP contribution in [0.1, 0.15) is 33.6 Å². The Morgan fingerprint density at radius 3 is 1.05 bits per heavy atom. The van der Waals surface area contributed by atoms with Crippen LogP contribution in [0, 0.1) is 0 Å². The highest BCUT2D eigenvalue weighted by Gasteiger charge is 2.42. The van der Waals surface area contributed by atoms with Crippen LogP contribution >= 0.6 is 0 Å². The monoisotopic (exact) mass is 521 g/mol. The molecule has 5 heteroatoms. The maximum Gasteiger partial charge on any atom is 0.236 e. The van der Waals surface area contributed by atoms with E-state index in [0.717, 1.165) is 22.3 Å². The van der Waals surface area contributed by atoms with Crippen LogP contribution in [0.4, 0.5) is 0 Å². The van der Waals surface area contributed by atoms with Gasteiger partial charge in [0.25, 0.3) is 0 Å². The second-order valence-electron chi connectivity index (χ2n) is 10.0. The van der Waals surface area contributed by atoms with Gasteiger partial charge in [-0.25, -0.2) is 15.0 Å². The SMILES string of the molecule is c1ccc(C2(c3ccccc3)COC(c3cccc(C4=NC(c5ccccc5)(c5ccccc5)CO4)n3)=N2)cc1. The fourth-order valence-corrected chi connectivity index (χ4v) is 5.54. The van der Waals surface area contributed by atoms with E-state index in [1.165, 1.54) is 0 Å². The number of hydrogen-bond acceptors (Lipinski definition) is 5. The van der Waals surface area contributed by atoms with Crippen molar-refractivity contribution in [2.45, 2.75) is 11.1 Å². The highest BCUT2D eigenvalue weighted by atomic mass is 16.5. The average Bonchev–Trinajstić information content (AvgIpc) is 3.71. The first-order chi connectivity index (χ1) is 19.8. The van der Waals surface area contributed by atoms with Gasteiger partial charge in [0.2, 0.25) is 11.8 Å². The van der Waals surface area contributed by atoms with Crippen molar-refractivity contribution in [1.29, 1.82) is 0 Å². The van der Waals surface area contributed by atoms with Gasteiger partial charge in [-0.3, -0.25) is 0 Å². The van der Waals surface area contributed by atoms with Gasteiger partial charge in [-0.1, -0.05) is 127 Å². The fourth-order valence-electron chi connectivity index (χ4n) is 5.54. The van der Waals surface area contributed by atoms with Gasteiger partial charge >= 0.3 is 0 Å². The highest BCUT2D eigenvalue weighted by Crippen LogP contribution is 2.40. The van der Waals surface area contributed by atoms with Gasteiger partial charge in [0.1, 0.15) is 35.7 Å². The van der Waals surface area contributed by atoms with E-state index < -0.39 is 11.1 Å². The zero-order chi connectivity index (χ0) is 26.8. The minimum atomic E-state index is -0.646. The lowest BCUT2D eigenvalue weighted by Crippen LogP contribution is -2.26. The van der Waals surface area contributed by atoms with Crippen LogP contribution in [0.5, 0.6) is 0 Å². The van der Waals surface area contributed by atoms with E-state index in [-0.39, 0.29) is 0 Å². The van der Waals surface area contributed by atoms with E-state index in [2.05, 4.69) is 48.5 Å². The molecule has 0 spiro atoms. The molecule has 7 rings (SSSR count). The molecule has 0 amide bonds. The summed E-state index contributed by atoms with van der Waals surface area (Å²) in [6.45, 7) is 0.787. The first-order valence-corrected chi connectivity index (χ1v) is 13.4. The maximum absolute atomic E-state index is 6.27. The van der Waals surface area contributed by atoms with Gasteiger partial charge in [0.15, 0.2) is 0 Å². The molecule has 40 heavy (non-hydrogen) atoms. The van der Waals surface area contributed by atoms with E-state index in [4.69, 9.17) is 24.4 Å². The van der Waals surface area contributed by atoms with Crippen LogP contribution in [0.2, 0.25) is 0 Å². The Morgan fingerprint density at radius 1 is 0.400 bits per heavy atom. The van der Waals surface area contributed by atoms with Crippen molar-refractivity contribution in [3.05, 3.63) is 173 Å². The molecule has 5 nitrogen and oxygen atoms in total. The van der Waals surface area contributed by atoms with Crippen LogP contribution in [-0.2, 0) is 20.6 Å². The maximum atomic E-state index is 6.27. The molecule has 4 aromatic carbocycles. The quantitative estimate of drug-likeness (QED) is 0.256. The highest BCUT2D eigenvalue weighted by molar-refractivity contribution is 5.98. The van der Waals surface area contributed by atoms with Crippen molar-refractivity contribution in [3.8, 4) is 0 Å². The third-order valence-electron chi connectivity index (χ3n) is 7.61. The standard InChI is InChI=1S/C35H27N3O2/c1-5-14-26(15-6-1)34(27-16-7-2-8-17-27)24-39-32(37-34)30-22-13-23-31(36-30)33-38-35(25-40-33,28-18-9-3-10-19-28)29-20-11-4-12-21-29/h1-23H,24-25H2. The van der Waals surface area contributed by atoms with E-state index in [1.807, 2.05) is 91.0 Å². The lowest BCUT2D eigenvalue weighted by molar-refractivity contribution is 0.280. The zero-order valence-corrected chi connectivity index (χ0v) is 21.9. The van der Waals surface area contributed by atoms with Gasteiger partial charge in [0.05, 0.1) is 0 Å². The van der Waals surface area contributed by atoms with Crippen molar-refractivity contribution in [2.24, 2.45) is 9.98 Å². The molecule has 2 aliphatic heterocycles. The second kappa shape index (κ2) is 9.93. The summed E-state index contributed by atoms with van der Waals surface area (Å²) in [7, 11) is 0. The van der Waals surface area contributed by atoms with Crippen molar-refractivity contribution in [3.63, 3.8) is 0 Å². The smallest absolute Gasteiger partial charge is 0.236 e. The van der Waals surface area contributed by atoms with Crippen molar-refractivity contribution in [2.75, 3.05) is 13.2 Å². The number of pyridine rings is 1. The Hall–Kier alpha value is -5.03. The van der Waals surface area contributed by atoms with Crippen molar-refractivity contribution < 1.29 is 9.47 Å². The summed E-state index contributed by atoms with van der Waals surface area (Å²) in [5.41, 5.74) is 4.30. The Kier molecular flexibility index (Phi) is 5.97. The molecule has 1 aromatic heterocycles. The van der Waals surface area contributed by atoms with Crippen molar-refractivity contribution in [1.82, 2.24) is 4.98 Å². The molecule has 0 atom stereocenters. The van der Waals surface area contributed by atoms with E-state index in [1.54, 1.807) is 0 Å². The first-order valence-electron chi connectivity index (χ1n) is 13.4. The summed E-state index contributed by atoms with van der Waals surface area (Å²) < 4.78 is 12.5. The van der Waals surface area contributed by atoms with Gasteiger partial charge in [-0.05, 0) is 34.4 Å². The number of nitrogens with zero attached hydrogens (tertiary/aromatic N) is 3. The summed E-state index contributed by atoms with van der Waals surface area (Å²) in [5, 5.41) is 0. The molecule has 0 N–H and O–H groups in total. The van der Waals surface area contributed by atoms with E-state index in [0.29, 0.717) is 36.4 Å². The van der Waals surface area contributed by atoms with Crippen molar-refractivity contribution >= 4 is 11.8 Å². The summed E-state index contributed by atoms with van der Waals surface area (Å²) in [5.74, 6) is 1.01. The lowest BCUT2D eigenvalue weighted by Gasteiger charge is -2.25. The summed E-state index contributed by atoms with van der Waals surface area (Å²) in [6.07, 6.45) is 0. The number of rotatable bonds is 6. The number of ether oxygens (including phenoxy) is 2. The summed E-state index contributed by atoms with van der Waals surface area (Å²) >= 11 is 0. The average molecular weight is 522 g/mol. The Balaban J connectivity index is 1.29. The van der Waals surface area contributed by atoms with Crippen LogP contribution in [-0.4, -0.2) is 30.0 Å². The number of aromatic nitrogens is 1. The molecule has 0 saturated carbocycles. The molecule has 0 bridgehead atoms. The largest absolute Gasteiger partial charge is 0.473 e. The normalized spacial score (nSPS) is 16.9. The van der Waals surface area contributed by atoms with Crippen LogP contribution in [0.3, 0.4) is 0 Å². The third kappa shape index (κ3) is 4.07. The Labute approximate surface area is 233 Å². The molecular weight excluding hydrogens is 494 g/mol. The number of benzene rings is 4. The van der Waals surface area contributed by atoms with Gasteiger partial charge in [0, 0.05) is 0 Å². The first kappa shape index (κ1) is 24.0. The van der Waals surface area contributed by atoms with Crippen LogP contribution < -0.4 is 0 Å². The Morgan fingerprint density at radius 2 is 0.725 bits per heavy atom. The molecule has 0 saturated heterocycles. The molecular formula is C35H27N3O2. The number of hydrogen-bond donors (Lipinski definition) is 0. The second-order valence-corrected chi connectivity index (χ2v) is 10.0. The fraction of sp³-hybridized carbons (Fsp3) is 0.114. The molecule has 0 radical (unpaired) electrons. The minimum absolute atomic E-state index is 0.394. The van der Waals surface area contributed by atoms with Crippen LogP contribution in [0.25, 0.3) is 0 Å². The predicted molar refractivity (Wildman–Crippen MR) is 157 cm³/mol. The van der Waals surface area contributed by atoms with Gasteiger partial charge in [-0.2, -0.15) is 0 Å². The molecule has 0 aliphatic carbocycles. The molecule has 5 aromatic rings. The van der Waals surface area contributed by atoms with E-state index >= 15 is 0 Å². The van der Waals surface area contributed by atoms with Gasteiger partial charge < -0.3 is 9.47 Å². The van der Waals surface area contributed by atoms with Crippen LogP contribution in [0.15, 0.2) is 150 Å². The predicted octanol–water partition coefficient (Wildman–Crippen LogP) is 6.52. The Bertz CT molecular complexity index is 1480. The molecule has 0 fully saturated rings. The topological polar surface area (TPSA) is 56.1 Å². The minimum Gasteiger partial charge on any atom is -0.473 e. The lowest BCUT2D eigenvalue weighted by atomic mass is 9.84. The summed E-state index contributed by atoms with van der Waals surface area (Å²) in [4.78, 5) is 15.3. The molecule has 194 valence electrons. The van der Waals surface area contributed by atoms with Gasteiger partial charge in [-0.15, -0.1) is 0 Å².